The van der Waals surface area contributed by atoms with Gasteiger partial charge in [-0.2, -0.15) is 5.26 Å². The molecule has 1 aromatic heterocycles. The SMILES string of the molecule is CCS(=O)(=O)N1CCC(c2cn(COCC[Si](C)(C)C)c3c(C#N)cc(Br)cc23)CC1. The smallest absolute Gasteiger partial charge is 0.213 e. The van der Waals surface area contributed by atoms with Gasteiger partial charge in [-0.3, -0.25) is 0 Å². The Morgan fingerprint density at radius 3 is 2.52 bits per heavy atom. The van der Waals surface area contributed by atoms with Crippen molar-refractivity contribution in [3.8, 4) is 6.07 Å². The number of ether oxygens (including phenoxy) is 1. The Kier molecular flexibility index (Phi) is 7.69. The van der Waals surface area contributed by atoms with E-state index in [9.17, 15) is 13.7 Å². The van der Waals surface area contributed by atoms with Gasteiger partial charge in [-0.15, -0.1) is 0 Å². The molecule has 0 aliphatic carbocycles. The van der Waals surface area contributed by atoms with Crippen LogP contribution in [0.15, 0.2) is 22.8 Å². The van der Waals surface area contributed by atoms with Crippen LogP contribution in [0.2, 0.25) is 25.7 Å². The van der Waals surface area contributed by atoms with Gasteiger partial charge in [-0.25, -0.2) is 12.7 Å². The van der Waals surface area contributed by atoms with Crippen LogP contribution in [0.1, 0.15) is 36.8 Å². The van der Waals surface area contributed by atoms with Crippen molar-refractivity contribution >= 4 is 44.9 Å². The van der Waals surface area contributed by atoms with Crippen LogP contribution in [0.5, 0.6) is 0 Å². The summed E-state index contributed by atoms with van der Waals surface area (Å²) < 4.78 is 35.0. The van der Waals surface area contributed by atoms with Gasteiger partial charge in [-0.05, 0) is 49.4 Å². The van der Waals surface area contributed by atoms with E-state index in [-0.39, 0.29) is 11.7 Å². The van der Waals surface area contributed by atoms with E-state index in [0.717, 1.165) is 40.9 Å². The van der Waals surface area contributed by atoms with E-state index < -0.39 is 18.1 Å². The maximum Gasteiger partial charge on any atom is 0.213 e. The fourth-order valence-corrected chi connectivity index (χ4v) is 6.46. The summed E-state index contributed by atoms with van der Waals surface area (Å²) in [6.07, 6.45) is 3.67. The van der Waals surface area contributed by atoms with Crippen molar-refractivity contribution in [1.29, 1.82) is 5.26 Å². The van der Waals surface area contributed by atoms with Gasteiger partial charge in [0.2, 0.25) is 10.0 Å². The molecule has 1 aliphatic rings. The monoisotopic (exact) mass is 525 g/mol. The highest BCUT2D eigenvalue weighted by atomic mass is 79.9. The Hall–Kier alpha value is -1.18. The summed E-state index contributed by atoms with van der Waals surface area (Å²) in [5.74, 6) is 0.402. The molecule has 1 saturated heterocycles. The third-order valence-corrected chi connectivity index (χ3v) is 10.0. The predicted octanol–water partition coefficient (Wildman–Crippen LogP) is 5.12. The molecule has 2 heterocycles. The average Bonchev–Trinajstić information content (AvgIpc) is 3.08. The van der Waals surface area contributed by atoms with Gasteiger partial charge in [0.1, 0.15) is 12.8 Å². The number of piperidine rings is 1. The molecule has 0 radical (unpaired) electrons. The lowest BCUT2D eigenvalue weighted by Gasteiger charge is -2.30. The van der Waals surface area contributed by atoms with Crippen LogP contribution in [0, 0.1) is 11.3 Å². The van der Waals surface area contributed by atoms with Crippen LogP contribution in [0.3, 0.4) is 0 Å². The number of hydrogen-bond acceptors (Lipinski definition) is 4. The second kappa shape index (κ2) is 9.75. The molecular formula is C22H32BrN3O3SSi. The number of nitrogens with zero attached hydrogens (tertiary/aromatic N) is 3. The van der Waals surface area contributed by atoms with Crippen LogP contribution in [0.25, 0.3) is 10.9 Å². The van der Waals surface area contributed by atoms with Gasteiger partial charge in [0, 0.05) is 43.8 Å². The van der Waals surface area contributed by atoms with Crippen molar-refractivity contribution in [2.75, 3.05) is 25.4 Å². The van der Waals surface area contributed by atoms with Crippen molar-refractivity contribution in [3.63, 3.8) is 0 Å². The summed E-state index contributed by atoms with van der Waals surface area (Å²) >= 11 is 3.55. The molecule has 1 aromatic carbocycles. The number of rotatable bonds is 8. The summed E-state index contributed by atoms with van der Waals surface area (Å²) in [6.45, 7) is 10.9. The van der Waals surface area contributed by atoms with Gasteiger partial charge < -0.3 is 9.30 Å². The second-order valence-corrected chi connectivity index (χ2v) is 18.2. The van der Waals surface area contributed by atoms with E-state index in [4.69, 9.17) is 4.74 Å². The first-order chi connectivity index (χ1) is 14.6. The Morgan fingerprint density at radius 2 is 1.94 bits per heavy atom. The largest absolute Gasteiger partial charge is 0.361 e. The Balaban J connectivity index is 1.88. The molecular weight excluding hydrogens is 494 g/mol. The van der Waals surface area contributed by atoms with E-state index in [1.165, 1.54) is 5.56 Å². The lowest BCUT2D eigenvalue weighted by Crippen LogP contribution is -2.38. The van der Waals surface area contributed by atoms with E-state index >= 15 is 0 Å². The first-order valence-corrected chi connectivity index (χ1v) is 16.9. The van der Waals surface area contributed by atoms with Crippen LogP contribution in [-0.2, 0) is 21.5 Å². The molecule has 0 atom stereocenters. The maximum absolute atomic E-state index is 12.2. The van der Waals surface area contributed by atoms with Crippen LogP contribution >= 0.6 is 15.9 Å². The summed E-state index contributed by atoms with van der Waals surface area (Å²) in [7, 11) is -4.32. The van der Waals surface area contributed by atoms with Crippen LogP contribution in [-0.4, -0.2) is 50.8 Å². The van der Waals surface area contributed by atoms with E-state index in [1.807, 2.05) is 6.07 Å². The van der Waals surface area contributed by atoms with E-state index in [2.05, 4.69) is 58.5 Å². The van der Waals surface area contributed by atoms with E-state index in [0.29, 0.717) is 25.4 Å². The fraction of sp³-hybridized carbons (Fsp3) is 0.591. The molecule has 9 heteroatoms. The molecule has 1 aliphatic heterocycles. The van der Waals surface area contributed by atoms with Crippen molar-refractivity contribution in [2.24, 2.45) is 0 Å². The van der Waals surface area contributed by atoms with E-state index in [1.54, 1.807) is 11.2 Å². The third kappa shape index (κ3) is 5.79. The minimum absolute atomic E-state index is 0.143. The zero-order valence-corrected chi connectivity index (χ0v) is 22.2. The number of halogens is 1. The molecule has 0 amide bonds. The highest BCUT2D eigenvalue weighted by molar-refractivity contribution is 9.10. The Bertz CT molecular complexity index is 1080. The maximum atomic E-state index is 12.2. The first kappa shape index (κ1) is 24.5. The first-order valence-electron chi connectivity index (χ1n) is 10.8. The number of nitriles is 1. The summed E-state index contributed by atoms with van der Waals surface area (Å²) in [5.41, 5.74) is 2.70. The van der Waals surface area contributed by atoms with Crippen LogP contribution in [0.4, 0.5) is 0 Å². The molecule has 0 spiro atoms. The van der Waals surface area contributed by atoms with Crippen molar-refractivity contribution in [2.45, 2.75) is 58.1 Å². The second-order valence-electron chi connectivity index (χ2n) is 9.44. The van der Waals surface area contributed by atoms with Crippen LogP contribution < -0.4 is 0 Å². The number of fused-ring (bicyclic) bond motifs is 1. The molecule has 1 fully saturated rings. The Morgan fingerprint density at radius 1 is 1.26 bits per heavy atom. The number of aromatic nitrogens is 1. The van der Waals surface area contributed by atoms with Gasteiger partial charge in [0.15, 0.2) is 0 Å². The van der Waals surface area contributed by atoms with Gasteiger partial charge >= 0.3 is 0 Å². The minimum Gasteiger partial charge on any atom is -0.361 e. The lowest BCUT2D eigenvalue weighted by atomic mass is 9.90. The summed E-state index contributed by atoms with van der Waals surface area (Å²) in [4.78, 5) is 0. The average molecular weight is 527 g/mol. The summed E-state index contributed by atoms with van der Waals surface area (Å²) in [5, 5.41) is 10.8. The highest BCUT2D eigenvalue weighted by Gasteiger charge is 2.29. The minimum atomic E-state index is -3.15. The molecule has 3 rings (SSSR count). The highest BCUT2D eigenvalue weighted by Crippen LogP contribution is 2.37. The number of benzene rings is 1. The molecule has 6 nitrogen and oxygen atoms in total. The fourth-order valence-electron chi connectivity index (χ4n) is 4.11. The molecule has 0 bridgehead atoms. The third-order valence-electron chi connectivity index (χ3n) is 5.97. The zero-order valence-electron chi connectivity index (χ0n) is 18.8. The Labute approximate surface area is 195 Å². The number of sulfonamides is 1. The quantitative estimate of drug-likeness (QED) is 0.354. The van der Waals surface area contributed by atoms with Gasteiger partial charge in [0.25, 0.3) is 0 Å². The normalized spacial score (nSPS) is 16.6. The molecule has 0 saturated carbocycles. The van der Waals surface area contributed by atoms with Gasteiger partial charge in [-0.1, -0.05) is 35.6 Å². The summed E-state index contributed by atoms with van der Waals surface area (Å²) in [6, 6.07) is 7.34. The van der Waals surface area contributed by atoms with Crippen molar-refractivity contribution < 1.29 is 13.2 Å². The zero-order chi connectivity index (χ0) is 22.8. The van der Waals surface area contributed by atoms with Crippen molar-refractivity contribution in [3.05, 3.63) is 33.9 Å². The molecule has 170 valence electrons. The topological polar surface area (TPSA) is 75.3 Å². The number of hydrogen-bond donors (Lipinski definition) is 0. The lowest BCUT2D eigenvalue weighted by molar-refractivity contribution is 0.0900. The molecule has 0 N–H and O–H groups in total. The van der Waals surface area contributed by atoms with Gasteiger partial charge in [0.05, 0.1) is 16.8 Å². The standard InChI is InChI=1S/C22H32BrN3O3SSi/c1-5-30(27,28)26-8-6-17(7-9-26)21-15-25(16-29-10-11-31(2,3)4)22-18(14-24)12-19(23)13-20(21)22/h12-13,15,17H,5-11,16H2,1-4H3. The molecule has 31 heavy (non-hydrogen) atoms. The molecule has 2 aromatic rings. The molecule has 0 unspecified atom stereocenters. The predicted molar refractivity (Wildman–Crippen MR) is 131 cm³/mol. The van der Waals surface area contributed by atoms with Crippen molar-refractivity contribution in [1.82, 2.24) is 8.87 Å².